The van der Waals surface area contributed by atoms with E-state index in [1.54, 1.807) is 0 Å². The van der Waals surface area contributed by atoms with E-state index in [2.05, 4.69) is 77.9 Å². The van der Waals surface area contributed by atoms with Gasteiger partial charge < -0.3 is 0 Å². The van der Waals surface area contributed by atoms with Gasteiger partial charge in [0, 0.05) is 16.5 Å². The molecule has 142 valence electrons. The number of aliphatic imine (C=N–C) groups is 2. The topological polar surface area (TPSA) is 24.7 Å². The first-order valence-electron chi connectivity index (χ1n) is 9.17. The summed E-state index contributed by atoms with van der Waals surface area (Å²) >= 11 is 0. The predicted octanol–water partition coefficient (Wildman–Crippen LogP) is 6.97. The molecule has 0 saturated heterocycles. The number of benzene rings is 2. The minimum Gasteiger partial charge on any atom is -0.252 e. The van der Waals surface area contributed by atoms with Crippen LogP contribution in [0.3, 0.4) is 0 Å². The summed E-state index contributed by atoms with van der Waals surface area (Å²) in [5.74, 6) is 0. The van der Waals surface area contributed by atoms with E-state index in [4.69, 9.17) is 9.98 Å². The smallest absolute Gasteiger partial charge is 0.0639 e. The minimum atomic E-state index is 0. The Kier molecular flexibility index (Phi) is 8.95. The van der Waals surface area contributed by atoms with E-state index in [1.807, 2.05) is 0 Å². The molecule has 0 aromatic heterocycles. The Morgan fingerprint density at radius 1 is 0.731 bits per heavy atom. The van der Waals surface area contributed by atoms with Crippen LogP contribution in [0.25, 0.3) is 0 Å². The van der Waals surface area contributed by atoms with Crippen molar-refractivity contribution in [3.05, 3.63) is 58.7 Å². The van der Waals surface area contributed by atoms with E-state index < -0.39 is 0 Å². The second-order valence-electron chi connectivity index (χ2n) is 7.05. The average Bonchev–Trinajstić information content (AvgIpc) is 2.49. The standard InChI is InChI=1S/C23H30N2.Ni/c1-7-8-9-23(25-22-14-18(4)11-19(5)15-22)20(6)24-21-12-16(2)10-17(3)13-21;/h10-15H,7-9H2,1-6H3;/b24-20+,25-23+;. The van der Waals surface area contributed by atoms with Gasteiger partial charge in [0.05, 0.1) is 22.8 Å². The van der Waals surface area contributed by atoms with Crippen LogP contribution in [-0.4, -0.2) is 11.4 Å². The quantitative estimate of drug-likeness (QED) is 0.374. The Hall–Kier alpha value is -1.73. The number of rotatable bonds is 6. The number of hydrogen-bond acceptors (Lipinski definition) is 2. The van der Waals surface area contributed by atoms with Crippen molar-refractivity contribution >= 4 is 22.8 Å². The Bertz CT molecular complexity index is 763. The van der Waals surface area contributed by atoms with Crippen LogP contribution in [0.5, 0.6) is 0 Å². The summed E-state index contributed by atoms with van der Waals surface area (Å²) in [7, 11) is 0. The Balaban J connectivity index is 0.00000338. The van der Waals surface area contributed by atoms with Crippen LogP contribution in [0, 0.1) is 27.7 Å². The SMILES string of the molecule is CCCCC(=N\c1cc(C)cc(C)c1)/C(C)=N/c1cc(C)cc(C)c1.[Ni]. The van der Waals surface area contributed by atoms with Crippen LogP contribution < -0.4 is 0 Å². The van der Waals surface area contributed by atoms with Gasteiger partial charge in [-0.05, 0) is 94.0 Å². The van der Waals surface area contributed by atoms with Crippen LogP contribution in [0.1, 0.15) is 55.4 Å². The van der Waals surface area contributed by atoms with E-state index in [0.717, 1.165) is 42.1 Å². The van der Waals surface area contributed by atoms with Crippen molar-refractivity contribution in [1.82, 2.24) is 0 Å². The summed E-state index contributed by atoms with van der Waals surface area (Å²) in [6.45, 7) is 12.8. The molecule has 0 amide bonds. The zero-order chi connectivity index (χ0) is 18.4. The molecule has 0 aliphatic carbocycles. The fourth-order valence-electron chi connectivity index (χ4n) is 3.11. The Labute approximate surface area is 168 Å². The van der Waals surface area contributed by atoms with Gasteiger partial charge in [0.25, 0.3) is 0 Å². The van der Waals surface area contributed by atoms with E-state index in [-0.39, 0.29) is 16.5 Å². The van der Waals surface area contributed by atoms with Crippen molar-refractivity contribution < 1.29 is 16.5 Å². The Morgan fingerprint density at radius 2 is 1.15 bits per heavy atom. The number of hydrogen-bond donors (Lipinski definition) is 0. The van der Waals surface area contributed by atoms with Crippen molar-refractivity contribution in [2.24, 2.45) is 9.98 Å². The molecule has 2 rings (SSSR count). The molecule has 0 spiro atoms. The normalized spacial score (nSPS) is 12.1. The third-order valence-corrected chi connectivity index (χ3v) is 4.16. The molecule has 0 bridgehead atoms. The van der Waals surface area contributed by atoms with Gasteiger partial charge in [-0.25, -0.2) is 0 Å². The molecule has 0 aliphatic heterocycles. The molecule has 0 aliphatic rings. The van der Waals surface area contributed by atoms with Crippen molar-refractivity contribution in [3.63, 3.8) is 0 Å². The number of aryl methyl sites for hydroxylation is 4. The van der Waals surface area contributed by atoms with E-state index in [9.17, 15) is 0 Å². The van der Waals surface area contributed by atoms with E-state index in [1.165, 1.54) is 22.3 Å². The van der Waals surface area contributed by atoms with Gasteiger partial charge in [0.1, 0.15) is 0 Å². The summed E-state index contributed by atoms with van der Waals surface area (Å²) in [5, 5.41) is 0. The monoisotopic (exact) mass is 392 g/mol. The van der Waals surface area contributed by atoms with Crippen molar-refractivity contribution in [3.8, 4) is 0 Å². The number of nitrogens with zero attached hydrogens (tertiary/aromatic N) is 2. The number of unbranched alkanes of at least 4 members (excludes halogenated alkanes) is 1. The van der Waals surface area contributed by atoms with Gasteiger partial charge in [-0.3, -0.25) is 9.98 Å². The van der Waals surface area contributed by atoms with Crippen molar-refractivity contribution in [2.75, 3.05) is 0 Å². The Morgan fingerprint density at radius 3 is 1.58 bits per heavy atom. The van der Waals surface area contributed by atoms with Crippen LogP contribution in [0.2, 0.25) is 0 Å². The maximum atomic E-state index is 4.94. The molecule has 0 heterocycles. The third kappa shape index (κ3) is 6.88. The zero-order valence-corrected chi connectivity index (χ0v) is 17.8. The van der Waals surface area contributed by atoms with Gasteiger partial charge in [-0.15, -0.1) is 0 Å². The summed E-state index contributed by atoms with van der Waals surface area (Å²) in [6.07, 6.45) is 3.25. The molecule has 2 nitrogen and oxygen atoms in total. The van der Waals surface area contributed by atoms with Crippen molar-refractivity contribution in [2.45, 2.75) is 60.8 Å². The molecular formula is C23H30N2Ni. The maximum Gasteiger partial charge on any atom is 0.0639 e. The molecule has 0 atom stereocenters. The van der Waals surface area contributed by atoms with Crippen molar-refractivity contribution in [1.29, 1.82) is 0 Å². The van der Waals surface area contributed by atoms with Crippen LogP contribution >= 0.6 is 0 Å². The molecule has 3 heteroatoms. The molecule has 0 saturated carbocycles. The fraction of sp³-hybridized carbons (Fsp3) is 0.391. The summed E-state index contributed by atoms with van der Waals surface area (Å²) in [5.41, 5.74) is 9.12. The van der Waals surface area contributed by atoms with E-state index in [0.29, 0.717) is 0 Å². The van der Waals surface area contributed by atoms with Gasteiger partial charge in [0.2, 0.25) is 0 Å². The first-order chi connectivity index (χ1) is 11.9. The molecule has 0 radical (unpaired) electrons. The second kappa shape index (κ2) is 10.4. The zero-order valence-electron chi connectivity index (χ0n) is 16.8. The van der Waals surface area contributed by atoms with Gasteiger partial charge in [-0.2, -0.15) is 0 Å². The molecule has 0 unspecified atom stereocenters. The molecule has 2 aromatic carbocycles. The van der Waals surface area contributed by atoms with Crippen LogP contribution in [0.15, 0.2) is 46.4 Å². The van der Waals surface area contributed by atoms with Gasteiger partial charge in [-0.1, -0.05) is 25.5 Å². The molecule has 0 N–H and O–H groups in total. The first-order valence-corrected chi connectivity index (χ1v) is 9.17. The maximum absolute atomic E-state index is 4.94. The predicted molar refractivity (Wildman–Crippen MR) is 111 cm³/mol. The second-order valence-corrected chi connectivity index (χ2v) is 7.05. The molecule has 26 heavy (non-hydrogen) atoms. The first kappa shape index (κ1) is 22.3. The average molecular weight is 393 g/mol. The largest absolute Gasteiger partial charge is 0.252 e. The van der Waals surface area contributed by atoms with Gasteiger partial charge >= 0.3 is 0 Å². The molecular weight excluding hydrogens is 363 g/mol. The van der Waals surface area contributed by atoms with Crippen LogP contribution in [-0.2, 0) is 16.5 Å². The molecule has 0 fully saturated rings. The summed E-state index contributed by atoms with van der Waals surface area (Å²) in [4.78, 5) is 9.81. The summed E-state index contributed by atoms with van der Waals surface area (Å²) in [6, 6.07) is 12.9. The fourth-order valence-corrected chi connectivity index (χ4v) is 3.11. The summed E-state index contributed by atoms with van der Waals surface area (Å²) < 4.78 is 0. The van der Waals surface area contributed by atoms with Gasteiger partial charge in [0.15, 0.2) is 0 Å². The van der Waals surface area contributed by atoms with Crippen LogP contribution in [0.4, 0.5) is 11.4 Å². The third-order valence-electron chi connectivity index (χ3n) is 4.16. The minimum absolute atomic E-state index is 0. The molecule has 2 aromatic rings. The van der Waals surface area contributed by atoms with E-state index >= 15 is 0 Å².